The molecule has 0 spiro atoms. The molecule has 1 unspecified atom stereocenters. The first-order valence-corrected chi connectivity index (χ1v) is 5.85. The first-order valence-electron chi connectivity index (χ1n) is 5.85. The van der Waals surface area contributed by atoms with Crippen molar-refractivity contribution in [3.63, 3.8) is 0 Å². The average Bonchev–Trinajstić information content (AvgIpc) is 2.71. The third kappa shape index (κ3) is 2.35. The molecule has 0 aliphatic carbocycles. The predicted octanol–water partition coefficient (Wildman–Crippen LogP) is 3.28. The fourth-order valence-electron chi connectivity index (χ4n) is 1.93. The van der Waals surface area contributed by atoms with Crippen molar-refractivity contribution < 1.29 is 14.3 Å². The van der Waals surface area contributed by atoms with E-state index in [9.17, 15) is 5.11 Å². The van der Waals surface area contributed by atoms with E-state index in [0.717, 1.165) is 11.0 Å². The summed E-state index contributed by atoms with van der Waals surface area (Å²) in [6.07, 6.45) is -0.769. The second kappa shape index (κ2) is 4.51. The number of hydrogen-bond donors (Lipinski definition) is 1. The van der Waals surface area contributed by atoms with Gasteiger partial charge >= 0.3 is 0 Å². The Bertz CT molecular complexity index is 466. The summed E-state index contributed by atoms with van der Waals surface area (Å²) < 4.78 is 11.2. The van der Waals surface area contributed by atoms with Crippen LogP contribution < -0.4 is 0 Å². The first kappa shape index (κ1) is 12.1. The summed E-state index contributed by atoms with van der Waals surface area (Å²) in [5, 5.41) is 11.3. The maximum absolute atomic E-state index is 10.3. The van der Waals surface area contributed by atoms with Gasteiger partial charge in [-0.2, -0.15) is 0 Å². The number of benzene rings is 1. The van der Waals surface area contributed by atoms with Crippen molar-refractivity contribution in [2.75, 3.05) is 6.61 Å². The van der Waals surface area contributed by atoms with E-state index < -0.39 is 11.7 Å². The van der Waals surface area contributed by atoms with Gasteiger partial charge in [0.15, 0.2) is 0 Å². The van der Waals surface area contributed by atoms with Gasteiger partial charge in [-0.3, -0.25) is 0 Å². The summed E-state index contributed by atoms with van der Waals surface area (Å²) >= 11 is 0. The van der Waals surface area contributed by atoms with E-state index >= 15 is 0 Å². The van der Waals surface area contributed by atoms with Gasteiger partial charge in [0.25, 0.3) is 0 Å². The van der Waals surface area contributed by atoms with Crippen LogP contribution in [0.4, 0.5) is 0 Å². The van der Waals surface area contributed by atoms with Crippen LogP contribution >= 0.6 is 0 Å². The van der Waals surface area contributed by atoms with E-state index in [4.69, 9.17) is 9.15 Å². The molecule has 92 valence electrons. The Balaban J connectivity index is 2.33. The lowest BCUT2D eigenvalue weighted by Gasteiger charge is -2.28. The van der Waals surface area contributed by atoms with Gasteiger partial charge in [-0.05, 0) is 32.9 Å². The number of fused-ring (bicyclic) bond motifs is 1. The number of aliphatic hydroxyl groups excluding tert-OH is 1. The quantitative estimate of drug-likeness (QED) is 0.882. The van der Waals surface area contributed by atoms with E-state index in [1.54, 1.807) is 0 Å². The normalized spacial score (nSPS) is 14.1. The van der Waals surface area contributed by atoms with Crippen LogP contribution in [0.2, 0.25) is 0 Å². The highest BCUT2D eigenvalue weighted by atomic mass is 16.5. The van der Waals surface area contributed by atoms with Crippen LogP contribution in [0.1, 0.15) is 32.6 Å². The molecular formula is C14H18O3. The molecule has 1 aromatic heterocycles. The monoisotopic (exact) mass is 234 g/mol. The molecule has 0 amide bonds. The zero-order chi connectivity index (χ0) is 12.5. The standard InChI is InChI=1S/C14H18O3/c1-4-16-14(2,3)13(15)12-9-10-7-5-6-8-11(10)17-12/h5-9,13,15H,4H2,1-3H3. The van der Waals surface area contributed by atoms with Crippen molar-refractivity contribution >= 4 is 11.0 Å². The molecule has 2 rings (SSSR count). The summed E-state index contributed by atoms with van der Waals surface area (Å²) in [5.41, 5.74) is 0.136. The maximum atomic E-state index is 10.3. The average molecular weight is 234 g/mol. The summed E-state index contributed by atoms with van der Waals surface area (Å²) in [4.78, 5) is 0. The molecule has 0 radical (unpaired) electrons. The number of hydrogen-bond acceptors (Lipinski definition) is 3. The Morgan fingerprint density at radius 3 is 2.71 bits per heavy atom. The molecule has 3 heteroatoms. The zero-order valence-electron chi connectivity index (χ0n) is 10.4. The highest BCUT2D eigenvalue weighted by Crippen LogP contribution is 2.32. The predicted molar refractivity (Wildman–Crippen MR) is 66.9 cm³/mol. The van der Waals surface area contributed by atoms with Crippen LogP contribution in [0.25, 0.3) is 11.0 Å². The zero-order valence-corrected chi connectivity index (χ0v) is 10.4. The van der Waals surface area contributed by atoms with Gasteiger partial charge in [0.1, 0.15) is 17.4 Å². The van der Waals surface area contributed by atoms with Gasteiger partial charge in [0.05, 0.1) is 5.60 Å². The number of rotatable bonds is 4. The smallest absolute Gasteiger partial charge is 0.140 e. The van der Waals surface area contributed by atoms with Crippen LogP contribution in [-0.4, -0.2) is 17.3 Å². The van der Waals surface area contributed by atoms with Crippen molar-refractivity contribution in [3.05, 3.63) is 36.1 Å². The van der Waals surface area contributed by atoms with E-state index in [1.165, 1.54) is 0 Å². The lowest BCUT2D eigenvalue weighted by molar-refractivity contribution is -0.105. The number of ether oxygens (including phenoxy) is 1. The SMILES string of the molecule is CCOC(C)(C)C(O)c1cc2ccccc2o1. The van der Waals surface area contributed by atoms with Crippen LogP contribution in [0.3, 0.4) is 0 Å². The molecule has 1 aromatic carbocycles. The molecule has 0 aliphatic rings. The van der Waals surface area contributed by atoms with Crippen molar-refractivity contribution in [2.45, 2.75) is 32.5 Å². The topological polar surface area (TPSA) is 42.6 Å². The van der Waals surface area contributed by atoms with Gasteiger partial charge in [0, 0.05) is 12.0 Å². The first-order chi connectivity index (χ1) is 8.04. The largest absolute Gasteiger partial charge is 0.458 e. The molecule has 1 heterocycles. The minimum absolute atomic E-state index is 0.546. The lowest BCUT2D eigenvalue weighted by Crippen LogP contribution is -2.32. The van der Waals surface area contributed by atoms with Gasteiger partial charge < -0.3 is 14.3 Å². The van der Waals surface area contributed by atoms with E-state index in [0.29, 0.717) is 12.4 Å². The Morgan fingerprint density at radius 1 is 1.35 bits per heavy atom. The number of para-hydroxylation sites is 1. The Kier molecular flexibility index (Phi) is 3.22. The second-order valence-electron chi connectivity index (χ2n) is 4.63. The molecule has 0 fully saturated rings. The molecule has 1 N–H and O–H groups in total. The minimum Gasteiger partial charge on any atom is -0.458 e. The third-order valence-electron chi connectivity index (χ3n) is 2.89. The third-order valence-corrected chi connectivity index (χ3v) is 2.89. The van der Waals surface area contributed by atoms with E-state index in [1.807, 2.05) is 51.1 Å². The highest BCUT2D eigenvalue weighted by Gasteiger charge is 2.32. The molecule has 1 atom stereocenters. The molecule has 17 heavy (non-hydrogen) atoms. The highest BCUT2D eigenvalue weighted by molar-refractivity contribution is 5.77. The lowest BCUT2D eigenvalue weighted by atomic mass is 9.99. The number of aliphatic hydroxyl groups is 1. The molecule has 3 nitrogen and oxygen atoms in total. The Morgan fingerprint density at radius 2 is 2.06 bits per heavy atom. The van der Waals surface area contributed by atoms with Gasteiger partial charge in [-0.15, -0.1) is 0 Å². The summed E-state index contributed by atoms with van der Waals surface area (Å²) in [6.45, 7) is 6.18. The second-order valence-corrected chi connectivity index (χ2v) is 4.63. The molecule has 0 saturated carbocycles. The van der Waals surface area contributed by atoms with Crippen molar-refractivity contribution in [1.29, 1.82) is 0 Å². The summed E-state index contributed by atoms with van der Waals surface area (Å²) in [5.74, 6) is 0.546. The fourth-order valence-corrected chi connectivity index (χ4v) is 1.93. The van der Waals surface area contributed by atoms with Gasteiger partial charge in [-0.1, -0.05) is 18.2 Å². The Hall–Kier alpha value is -1.32. The van der Waals surface area contributed by atoms with E-state index in [-0.39, 0.29) is 0 Å². The number of furan rings is 1. The van der Waals surface area contributed by atoms with Crippen LogP contribution in [0.15, 0.2) is 34.7 Å². The van der Waals surface area contributed by atoms with E-state index in [2.05, 4.69) is 0 Å². The summed E-state index contributed by atoms with van der Waals surface area (Å²) in [7, 11) is 0. The molecular weight excluding hydrogens is 216 g/mol. The van der Waals surface area contributed by atoms with Gasteiger partial charge in [0.2, 0.25) is 0 Å². The van der Waals surface area contributed by atoms with Crippen molar-refractivity contribution in [2.24, 2.45) is 0 Å². The fraction of sp³-hybridized carbons (Fsp3) is 0.429. The minimum atomic E-state index is -0.769. The maximum Gasteiger partial charge on any atom is 0.140 e. The molecule has 0 bridgehead atoms. The van der Waals surface area contributed by atoms with Crippen molar-refractivity contribution in [1.82, 2.24) is 0 Å². The Labute approximate surface area is 101 Å². The molecule has 0 saturated heterocycles. The van der Waals surface area contributed by atoms with Crippen LogP contribution in [0, 0.1) is 0 Å². The summed E-state index contributed by atoms with van der Waals surface area (Å²) in [6, 6.07) is 9.57. The van der Waals surface area contributed by atoms with Gasteiger partial charge in [-0.25, -0.2) is 0 Å². The molecule has 0 aliphatic heterocycles. The van der Waals surface area contributed by atoms with Crippen LogP contribution in [0.5, 0.6) is 0 Å². The van der Waals surface area contributed by atoms with Crippen LogP contribution in [-0.2, 0) is 4.74 Å². The molecule has 2 aromatic rings. The van der Waals surface area contributed by atoms with Crippen molar-refractivity contribution in [3.8, 4) is 0 Å².